The van der Waals surface area contributed by atoms with E-state index in [1.807, 2.05) is 91.0 Å². The van der Waals surface area contributed by atoms with Crippen LogP contribution in [0.25, 0.3) is 0 Å². The average Bonchev–Trinajstić information content (AvgIpc) is 3.95. The highest BCUT2D eigenvalue weighted by Gasteiger charge is 2.54. The van der Waals surface area contributed by atoms with Crippen molar-refractivity contribution in [3.63, 3.8) is 0 Å². The number of amides is 3. The quantitative estimate of drug-likeness (QED) is 0.0293. The standard InChI is InChI=1S/C44H39ClN6O7S2/c1-56-32-19-17-27(18-20-32)24-57-42(55)37-28(23-45)25-59-41-36(40(54)51(37)41)48-39(53)35(50-58-34-21-22-46-38(34)52)33-26-60-43(47-33)49-44(29-11-5-2-6-12-29,30-13-7-3-8-14-30)31-15-9-4-10-16-31/h2-20,26,34,36,41H,21-25H2,1H3,(H,46,52)(H,47,49)(H,48,53)/b50-35-/t34-,36+,41-/m0/s1. The predicted molar refractivity (Wildman–Crippen MR) is 230 cm³/mol. The number of hydrogen-bond donors (Lipinski definition) is 3. The zero-order valence-corrected chi connectivity index (χ0v) is 34.6. The van der Waals surface area contributed by atoms with E-state index in [0.717, 1.165) is 22.3 Å². The minimum absolute atomic E-state index is 0.0106. The van der Waals surface area contributed by atoms with Crippen molar-refractivity contribution < 1.29 is 33.5 Å². The molecule has 8 rings (SSSR count). The SMILES string of the molecule is COc1ccc(COC(=O)C2=C(CCl)CS[C@H]3[C@H](NC(=O)/C(=N\O[C@H]4CCNC4=O)c4csc(NC(c5ccccc5)(c5ccccc5)c5ccccc5)n4)C(=O)N23)cc1. The van der Waals surface area contributed by atoms with Crippen LogP contribution >= 0.6 is 34.7 Å². The molecule has 3 aliphatic rings. The Morgan fingerprint density at radius 1 is 0.933 bits per heavy atom. The third-order valence-corrected chi connectivity index (χ3v) is 12.8. The fourth-order valence-electron chi connectivity index (χ4n) is 7.30. The van der Waals surface area contributed by atoms with Gasteiger partial charge in [-0.05, 0) is 40.0 Å². The van der Waals surface area contributed by atoms with Crippen LogP contribution in [0.1, 0.15) is 34.4 Å². The van der Waals surface area contributed by atoms with Gasteiger partial charge in [0.25, 0.3) is 17.7 Å². The van der Waals surface area contributed by atoms with Gasteiger partial charge in [-0.1, -0.05) is 108 Å². The molecule has 0 bridgehead atoms. The second-order valence-corrected chi connectivity index (χ2v) is 16.2. The average molecular weight is 863 g/mol. The van der Waals surface area contributed by atoms with Gasteiger partial charge in [0.2, 0.25) is 6.10 Å². The number of aromatic nitrogens is 1. The van der Waals surface area contributed by atoms with Gasteiger partial charge in [-0.3, -0.25) is 19.3 Å². The molecule has 1 aromatic heterocycles. The molecule has 0 spiro atoms. The van der Waals surface area contributed by atoms with Gasteiger partial charge < -0.3 is 30.3 Å². The summed E-state index contributed by atoms with van der Waals surface area (Å²) in [4.78, 5) is 65.9. The number of halogens is 1. The molecule has 3 amide bonds. The summed E-state index contributed by atoms with van der Waals surface area (Å²) in [5.74, 6) is -1.31. The third kappa shape index (κ3) is 8.07. The largest absolute Gasteiger partial charge is 0.497 e. The number of rotatable bonds is 15. The summed E-state index contributed by atoms with van der Waals surface area (Å²) in [5.41, 5.74) is 3.23. The van der Waals surface area contributed by atoms with Crippen molar-refractivity contribution in [1.82, 2.24) is 20.5 Å². The lowest BCUT2D eigenvalue weighted by atomic mass is 9.77. The van der Waals surface area contributed by atoms with E-state index in [1.165, 1.54) is 28.0 Å². The molecule has 0 unspecified atom stereocenters. The smallest absolute Gasteiger partial charge is 0.355 e. The molecule has 3 aliphatic heterocycles. The van der Waals surface area contributed by atoms with Crippen molar-refractivity contribution >= 4 is 69.2 Å². The maximum Gasteiger partial charge on any atom is 0.355 e. The van der Waals surface area contributed by atoms with E-state index < -0.39 is 40.8 Å². The molecular weight excluding hydrogens is 824 g/mol. The fourth-order valence-corrected chi connectivity index (χ4v) is 9.73. The van der Waals surface area contributed by atoms with E-state index in [1.54, 1.807) is 36.8 Å². The highest BCUT2D eigenvalue weighted by atomic mass is 35.5. The van der Waals surface area contributed by atoms with E-state index in [-0.39, 0.29) is 35.5 Å². The van der Waals surface area contributed by atoms with E-state index in [4.69, 9.17) is 30.9 Å². The normalized spacial score (nSPS) is 18.9. The maximum atomic E-state index is 14.3. The van der Waals surface area contributed by atoms with Gasteiger partial charge in [0.15, 0.2) is 10.8 Å². The zero-order chi connectivity index (χ0) is 41.6. The first kappa shape index (κ1) is 40.6. The number of hydrogen-bond acceptors (Lipinski definition) is 12. The molecule has 13 nitrogen and oxygen atoms in total. The second kappa shape index (κ2) is 18.0. The Bertz CT molecular complexity index is 2340. The summed E-state index contributed by atoms with van der Waals surface area (Å²) < 4.78 is 10.8. The first-order valence-corrected chi connectivity index (χ1v) is 21.5. The number of alkyl halides is 1. The van der Waals surface area contributed by atoms with E-state index in [2.05, 4.69) is 21.1 Å². The van der Waals surface area contributed by atoms with Crippen molar-refractivity contribution in [3.8, 4) is 5.75 Å². The zero-order valence-electron chi connectivity index (χ0n) is 32.2. The highest BCUT2D eigenvalue weighted by Crippen LogP contribution is 2.42. The number of thiazole rings is 1. The Morgan fingerprint density at radius 2 is 1.57 bits per heavy atom. The second-order valence-electron chi connectivity index (χ2n) is 14.0. The minimum Gasteiger partial charge on any atom is -0.497 e. The molecule has 60 heavy (non-hydrogen) atoms. The predicted octanol–water partition coefficient (Wildman–Crippen LogP) is 5.80. The van der Waals surface area contributed by atoms with E-state index in [0.29, 0.717) is 35.2 Å². The number of ether oxygens (including phenoxy) is 2. The fraction of sp³-hybridized carbons (Fsp3) is 0.227. The lowest BCUT2D eigenvalue weighted by molar-refractivity contribution is -0.153. The number of carbonyl (C=O) groups is 4. The molecule has 3 N–H and O–H groups in total. The van der Waals surface area contributed by atoms with Crippen molar-refractivity contribution in [2.45, 2.75) is 36.1 Å². The number of thioether (sulfide) groups is 1. The summed E-state index contributed by atoms with van der Waals surface area (Å²) in [6.07, 6.45) is -0.554. The molecule has 5 aromatic rings. The number of oxime groups is 1. The lowest BCUT2D eigenvalue weighted by Gasteiger charge is -2.49. The van der Waals surface area contributed by atoms with Crippen LogP contribution in [-0.4, -0.2) is 82.1 Å². The third-order valence-electron chi connectivity index (χ3n) is 10.4. The number of fused-ring (bicyclic) bond motifs is 1. The van der Waals surface area contributed by atoms with E-state index in [9.17, 15) is 19.2 Å². The summed E-state index contributed by atoms with van der Waals surface area (Å²) in [6.45, 7) is 0.369. The van der Waals surface area contributed by atoms with Gasteiger partial charge in [-0.2, -0.15) is 0 Å². The first-order chi connectivity index (χ1) is 29.3. The maximum absolute atomic E-state index is 14.3. The Hall–Kier alpha value is -6.16. The van der Waals surface area contributed by atoms with Crippen molar-refractivity contribution in [2.75, 3.05) is 30.6 Å². The summed E-state index contributed by atoms with van der Waals surface area (Å²) in [5, 5.41) is 14.9. The molecular formula is C44H39ClN6O7S2. The Kier molecular flexibility index (Phi) is 12.2. The molecule has 4 heterocycles. The van der Waals surface area contributed by atoms with Gasteiger partial charge in [0, 0.05) is 30.0 Å². The number of methoxy groups -OCH3 is 1. The van der Waals surface area contributed by atoms with Crippen LogP contribution in [-0.2, 0) is 40.9 Å². The van der Waals surface area contributed by atoms with Crippen LogP contribution in [0.3, 0.4) is 0 Å². The van der Waals surface area contributed by atoms with Crippen LogP contribution in [0.5, 0.6) is 5.75 Å². The van der Waals surface area contributed by atoms with Gasteiger partial charge in [0.05, 0.1) is 7.11 Å². The van der Waals surface area contributed by atoms with Crippen LogP contribution in [0.4, 0.5) is 5.13 Å². The van der Waals surface area contributed by atoms with Crippen molar-refractivity contribution in [3.05, 3.63) is 160 Å². The minimum atomic E-state index is -1.03. The van der Waals surface area contributed by atoms with Gasteiger partial charge in [-0.25, -0.2) is 9.78 Å². The van der Waals surface area contributed by atoms with Gasteiger partial charge in [-0.15, -0.1) is 34.7 Å². The van der Waals surface area contributed by atoms with Crippen molar-refractivity contribution in [2.24, 2.45) is 5.16 Å². The lowest BCUT2D eigenvalue weighted by Crippen LogP contribution is -2.71. The first-order valence-electron chi connectivity index (χ1n) is 19.1. The molecule has 306 valence electrons. The highest BCUT2D eigenvalue weighted by molar-refractivity contribution is 8.00. The number of β-lactam (4-membered cyclic amide) rings is 1. The van der Waals surface area contributed by atoms with Crippen LogP contribution in [0, 0.1) is 0 Å². The number of carbonyl (C=O) groups excluding carboxylic acids is 4. The molecule has 2 saturated heterocycles. The number of anilines is 1. The Labute approximate surface area is 359 Å². The Morgan fingerprint density at radius 3 is 2.13 bits per heavy atom. The molecule has 0 saturated carbocycles. The number of nitrogens with one attached hydrogen (secondary N) is 3. The summed E-state index contributed by atoms with van der Waals surface area (Å²) in [7, 11) is 1.56. The molecule has 16 heteroatoms. The molecule has 2 fully saturated rings. The molecule has 0 aliphatic carbocycles. The van der Waals surface area contributed by atoms with Crippen LogP contribution in [0.15, 0.2) is 137 Å². The van der Waals surface area contributed by atoms with Crippen LogP contribution in [0.2, 0.25) is 0 Å². The summed E-state index contributed by atoms with van der Waals surface area (Å²) in [6, 6.07) is 36.0. The van der Waals surface area contributed by atoms with Crippen molar-refractivity contribution in [1.29, 1.82) is 0 Å². The number of esters is 1. The number of benzene rings is 4. The number of nitrogens with zero attached hydrogens (tertiary/aromatic N) is 3. The van der Waals surface area contributed by atoms with Gasteiger partial charge >= 0.3 is 5.97 Å². The topological polar surface area (TPSA) is 161 Å². The van der Waals surface area contributed by atoms with Crippen LogP contribution < -0.4 is 20.7 Å². The molecule has 4 aromatic carbocycles. The van der Waals surface area contributed by atoms with Gasteiger partial charge in [0.1, 0.15) is 40.7 Å². The Balaban J connectivity index is 1.06. The van der Waals surface area contributed by atoms with E-state index >= 15 is 0 Å². The molecule has 3 atom stereocenters. The summed E-state index contributed by atoms with van der Waals surface area (Å²) >= 11 is 8.88. The molecule has 0 radical (unpaired) electrons. The monoisotopic (exact) mass is 862 g/mol.